The van der Waals surface area contributed by atoms with E-state index in [-0.39, 0.29) is 12.3 Å². The van der Waals surface area contributed by atoms with Crippen LogP contribution in [0.15, 0.2) is 22.3 Å². The minimum Gasteiger partial charge on any atom is -0.443 e. The molecule has 6 heteroatoms. The first-order chi connectivity index (χ1) is 9.87. The van der Waals surface area contributed by atoms with E-state index in [0.29, 0.717) is 16.6 Å². The van der Waals surface area contributed by atoms with E-state index in [4.69, 9.17) is 4.74 Å². The Labute approximate surface area is 121 Å². The van der Waals surface area contributed by atoms with Gasteiger partial charge in [0.1, 0.15) is 5.60 Å². The third-order valence-corrected chi connectivity index (χ3v) is 3.12. The molecule has 3 rings (SSSR count). The van der Waals surface area contributed by atoms with E-state index in [9.17, 15) is 9.59 Å². The molecular formula is C15H15N3O3. The molecule has 0 N–H and O–H groups in total. The number of nitrogens with zero attached hydrogens (tertiary/aromatic N) is 3. The third-order valence-electron chi connectivity index (χ3n) is 3.12. The highest BCUT2D eigenvalue weighted by Crippen LogP contribution is 2.21. The summed E-state index contributed by atoms with van der Waals surface area (Å²) in [6, 6.07) is 3.65. The molecule has 21 heavy (non-hydrogen) atoms. The Morgan fingerprint density at radius 2 is 2.10 bits per heavy atom. The molecule has 1 aromatic carbocycles. The number of amides is 2. The zero-order chi connectivity index (χ0) is 15.2. The van der Waals surface area contributed by atoms with Crippen LogP contribution < -0.4 is 15.5 Å². The molecule has 0 atom stereocenters. The van der Waals surface area contributed by atoms with Crippen molar-refractivity contribution in [2.45, 2.75) is 32.8 Å². The van der Waals surface area contributed by atoms with Gasteiger partial charge in [-0.3, -0.25) is 4.79 Å². The minimum absolute atomic E-state index is 0.166. The summed E-state index contributed by atoms with van der Waals surface area (Å²) in [5.74, 6) is -0.314. The summed E-state index contributed by atoms with van der Waals surface area (Å²) in [5, 5.41) is 9.27. The number of anilines is 1. The number of fused-ring (bicyclic) bond motifs is 3. The smallest absolute Gasteiger partial charge is 0.421 e. The van der Waals surface area contributed by atoms with Crippen LogP contribution >= 0.6 is 0 Å². The first kappa shape index (κ1) is 13.5. The molecule has 108 valence electrons. The van der Waals surface area contributed by atoms with Crippen molar-refractivity contribution in [3.8, 4) is 0 Å². The fourth-order valence-corrected chi connectivity index (χ4v) is 2.31. The fraction of sp³-hybridized carbons (Fsp3) is 0.333. The van der Waals surface area contributed by atoms with Gasteiger partial charge in [-0.2, -0.15) is 10.2 Å². The zero-order valence-electron chi connectivity index (χ0n) is 12.1. The lowest BCUT2D eigenvalue weighted by Gasteiger charge is -2.28. The predicted molar refractivity (Wildman–Crippen MR) is 77.6 cm³/mol. The lowest BCUT2D eigenvalue weighted by molar-refractivity contribution is -0.117. The molecule has 1 aromatic rings. The number of rotatable bonds is 0. The lowest BCUT2D eigenvalue weighted by atomic mass is 10.1. The van der Waals surface area contributed by atoms with Gasteiger partial charge in [-0.15, -0.1) is 0 Å². The predicted octanol–water partition coefficient (Wildman–Crippen LogP) is 1.11. The maximum Gasteiger partial charge on any atom is 0.421 e. The summed E-state index contributed by atoms with van der Waals surface area (Å²) in [6.07, 6.45) is 2.85. The Hall–Kier alpha value is -2.50. The van der Waals surface area contributed by atoms with E-state index in [1.54, 1.807) is 33.1 Å². The molecule has 0 aromatic heterocycles. The quantitative estimate of drug-likeness (QED) is 0.716. The normalized spacial score (nSPS) is 16.0. The van der Waals surface area contributed by atoms with Crippen molar-refractivity contribution in [2.24, 2.45) is 10.2 Å². The molecule has 6 nitrogen and oxygen atoms in total. The Bertz CT molecular complexity index is 788. The highest BCUT2D eigenvalue weighted by atomic mass is 16.6. The maximum absolute atomic E-state index is 12.4. The van der Waals surface area contributed by atoms with Gasteiger partial charge in [0.05, 0.1) is 17.3 Å². The van der Waals surface area contributed by atoms with Gasteiger partial charge in [0.2, 0.25) is 5.91 Å². The molecule has 0 radical (unpaired) electrons. The van der Waals surface area contributed by atoms with Crippen LogP contribution in [0, 0.1) is 0 Å². The summed E-state index contributed by atoms with van der Waals surface area (Å²) >= 11 is 0. The van der Waals surface area contributed by atoms with Crippen molar-refractivity contribution in [1.82, 2.24) is 0 Å². The molecule has 2 heterocycles. The summed E-state index contributed by atoms with van der Waals surface area (Å²) in [5.41, 5.74) is 0.500. The molecule has 0 unspecified atom stereocenters. The van der Waals surface area contributed by atoms with Gasteiger partial charge in [0.15, 0.2) is 0 Å². The van der Waals surface area contributed by atoms with Crippen molar-refractivity contribution in [1.29, 1.82) is 0 Å². The number of hydrogen-bond donors (Lipinski definition) is 0. The van der Waals surface area contributed by atoms with Gasteiger partial charge in [-0.05, 0) is 32.1 Å². The summed E-state index contributed by atoms with van der Waals surface area (Å²) < 4.78 is 5.34. The highest BCUT2D eigenvalue weighted by molar-refractivity contribution is 6.17. The van der Waals surface area contributed by atoms with E-state index in [2.05, 4.69) is 10.2 Å². The SMILES string of the molecule is CC(C)(C)OC(=O)N1C(=O)CC=c2ccc3c(c21)C=NN=3. The van der Waals surface area contributed by atoms with E-state index >= 15 is 0 Å². The Morgan fingerprint density at radius 3 is 2.81 bits per heavy atom. The van der Waals surface area contributed by atoms with Gasteiger partial charge in [-0.1, -0.05) is 12.1 Å². The first-order valence-corrected chi connectivity index (χ1v) is 6.67. The van der Waals surface area contributed by atoms with Crippen molar-refractivity contribution in [3.05, 3.63) is 28.3 Å². The summed E-state index contributed by atoms with van der Waals surface area (Å²) in [7, 11) is 0. The van der Waals surface area contributed by atoms with Crippen LogP contribution in [-0.4, -0.2) is 23.8 Å². The summed E-state index contributed by atoms with van der Waals surface area (Å²) in [4.78, 5) is 25.7. The van der Waals surface area contributed by atoms with E-state index < -0.39 is 11.7 Å². The van der Waals surface area contributed by atoms with Crippen LogP contribution in [0.5, 0.6) is 0 Å². The Kier molecular flexibility index (Phi) is 2.90. The number of benzene rings is 1. The van der Waals surface area contributed by atoms with Crippen LogP contribution in [0.25, 0.3) is 6.08 Å². The van der Waals surface area contributed by atoms with Crippen molar-refractivity contribution in [2.75, 3.05) is 4.90 Å². The first-order valence-electron chi connectivity index (χ1n) is 6.67. The average Bonchev–Trinajstić information content (AvgIpc) is 2.84. The van der Waals surface area contributed by atoms with Crippen LogP contribution in [0.4, 0.5) is 10.5 Å². The number of carbonyl (C=O) groups excluding carboxylic acids is 2. The van der Waals surface area contributed by atoms with Gasteiger partial charge < -0.3 is 4.74 Å². The van der Waals surface area contributed by atoms with Crippen LogP contribution in [-0.2, 0) is 9.53 Å². The number of hydrogen-bond acceptors (Lipinski definition) is 5. The van der Waals surface area contributed by atoms with E-state index in [0.717, 1.165) is 10.1 Å². The molecular weight excluding hydrogens is 270 g/mol. The van der Waals surface area contributed by atoms with Crippen molar-refractivity contribution < 1.29 is 14.3 Å². The summed E-state index contributed by atoms with van der Waals surface area (Å²) in [6.45, 7) is 5.29. The fourth-order valence-electron chi connectivity index (χ4n) is 2.31. The Morgan fingerprint density at radius 1 is 1.33 bits per heavy atom. The van der Waals surface area contributed by atoms with Gasteiger partial charge in [0.25, 0.3) is 0 Å². The Balaban J connectivity index is 2.14. The molecule has 2 aliphatic heterocycles. The second-order valence-electron chi connectivity index (χ2n) is 5.90. The van der Waals surface area contributed by atoms with E-state index in [1.807, 2.05) is 12.1 Å². The lowest BCUT2D eigenvalue weighted by Crippen LogP contribution is -2.46. The topological polar surface area (TPSA) is 71.3 Å². The minimum atomic E-state index is -0.672. The van der Waals surface area contributed by atoms with E-state index in [1.165, 1.54) is 0 Å². The van der Waals surface area contributed by atoms with Crippen molar-refractivity contribution in [3.63, 3.8) is 0 Å². The molecule has 0 spiro atoms. The molecule has 0 aliphatic carbocycles. The van der Waals surface area contributed by atoms with Crippen LogP contribution in [0.2, 0.25) is 0 Å². The highest BCUT2D eigenvalue weighted by Gasteiger charge is 2.33. The second-order valence-corrected chi connectivity index (χ2v) is 5.90. The molecule has 0 bridgehead atoms. The van der Waals surface area contributed by atoms with Crippen molar-refractivity contribution >= 4 is 30.0 Å². The van der Waals surface area contributed by atoms with Gasteiger partial charge in [-0.25, -0.2) is 9.69 Å². The van der Waals surface area contributed by atoms with Crippen LogP contribution in [0.3, 0.4) is 0 Å². The molecule has 0 saturated heterocycles. The van der Waals surface area contributed by atoms with Gasteiger partial charge in [0, 0.05) is 12.0 Å². The molecule has 0 fully saturated rings. The average molecular weight is 285 g/mol. The monoisotopic (exact) mass is 285 g/mol. The number of ether oxygens (including phenoxy) is 1. The molecule has 2 aliphatic rings. The molecule has 2 amide bonds. The zero-order valence-corrected chi connectivity index (χ0v) is 12.1. The van der Waals surface area contributed by atoms with Gasteiger partial charge >= 0.3 is 6.09 Å². The maximum atomic E-state index is 12.4. The molecule has 0 saturated carbocycles. The largest absolute Gasteiger partial charge is 0.443 e. The number of imide groups is 1. The number of carbonyl (C=O) groups is 2. The third kappa shape index (κ3) is 2.33. The van der Waals surface area contributed by atoms with Crippen LogP contribution in [0.1, 0.15) is 32.8 Å². The standard InChI is InChI=1S/C15H15N3O3/c1-15(2,3)21-14(20)18-12(19)7-5-9-4-6-11-10(13(9)18)8-16-17-11/h4-6,8H,7H2,1-3H3. The second kappa shape index (κ2) is 4.51.